The Balaban J connectivity index is 1.13. The topological polar surface area (TPSA) is 114 Å². The Labute approximate surface area is 228 Å². The van der Waals surface area contributed by atoms with Gasteiger partial charge in [-0.3, -0.25) is 24.3 Å². The molecule has 0 bridgehead atoms. The number of fused-ring (bicyclic) bond motifs is 1. The standard InChI is InChI=1S/C29H40N4O6/c1-29(2,3)39-26(35)12-15-31-13-10-21(11-14-31)32-16-8-19(9-17-32)20-4-5-22-24(18-20)38-28(37)33(22)23-6-7-25(34)30-27(23)36/h4-5,18-19,21,23H,6-17H2,1-3H3,(H,30,34,36). The lowest BCUT2D eigenvalue weighted by molar-refractivity contribution is -0.155. The number of nitrogens with one attached hydrogen (secondary N) is 1. The summed E-state index contributed by atoms with van der Waals surface area (Å²) in [6.07, 6.45) is 5.26. The highest BCUT2D eigenvalue weighted by molar-refractivity contribution is 6.00. The molecule has 212 valence electrons. The van der Waals surface area contributed by atoms with E-state index < -0.39 is 23.3 Å². The normalized spacial score (nSPS) is 22.8. The molecule has 3 saturated heterocycles. The number of nitrogens with zero attached hydrogens (tertiary/aromatic N) is 3. The van der Waals surface area contributed by atoms with E-state index in [1.807, 2.05) is 39.0 Å². The first-order chi connectivity index (χ1) is 18.6. The first-order valence-electron chi connectivity index (χ1n) is 14.2. The van der Waals surface area contributed by atoms with Gasteiger partial charge in [0.25, 0.3) is 0 Å². The molecule has 0 radical (unpaired) electrons. The lowest BCUT2D eigenvalue weighted by Gasteiger charge is -2.42. The monoisotopic (exact) mass is 540 g/mol. The second-order valence-corrected chi connectivity index (χ2v) is 12.2. The van der Waals surface area contributed by atoms with Gasteiger partial charge in [-0.05, 0) is 103 Å². The summed E-state index contributed by atoms with van der Waals surface area (Å²) in [4.78, 5) is 53.5. The number of oxazole rings is 1. The molecule has 1 unspecified atom stereocenters. The Kier molecular flexibility index (Phi) is 7.96. The van der Waals surface area contributed by atoms with E-state index in [0.717, 1.165) is 64.0 Å². The molecule has 3 aliphatic heterocycles. The molecule has 0 aliphatic carbocycles. The van der Waals surface area contributed by atoms with Crippen molar-refractivity contribution in [2.24, 2.45) is 0 Å². The number of carbonyl (C=O) groups is 3. The van der Waals surface area contributed by atoms with E-state index in [9.17, 15) is 19.2 Å². The third-order valence-corrected chi connectivity index (χ3v) is 8.29. The van der Waals surface area contributed by atoms with E-state index in [0.29, 0.717) is 35.9 Å². The van der Waals surface area contributed by atoms with Crippen molar-refractivity contribution in [1.82, 2.24) is 19.7 Å². The SMILES string of the molecule is CC(C)(C)OC(=O)CCN1CCC(N2CCC(c3ccc4c(c3)oc(=O)n4C3CCC(=O)NC3=O)CC2)CC1. The molecule has 1 aromatic carbocycles. The van der Waals surface area contributed by atoms with E-state index in [1.165, 1.54) is 4.57 Å². The zero-order chi connectivity index (χ0) is 27.7. The number of hydrogen-bond donors (Lipinski definition) is 1. The van der Waals surface area contributed by atoms with Gasteiger partial charge in [-0.25, -0.2) is 4.79 Å². The molecule has 0 saturated carbocycles. The molecule has 2 aromatic rings. The number of hydrogen-bond acceptors (Lipinski definition) is 8. The van der Waals surface area contributed by atoms with Crippen LogP contribution >= 0.6 is 0 Å². The Morgan fingerprint density at radius 1 is 1.03 bits per heavy atom. The Bertz CT molecular complexity index is 1270. The van der Waals surface area contributed by atoms with Gasteiger partial charge in [0.15, 0.2) is 5.58 Å². The fourth-order valence-corrected chi connectivity index (χ4v) is 6.28. The lowest BCUT2D eigenvalue weighted by atomic mass is 9.88. The number of piperidine rings is 3. The van der Waals surface area contributed by atoms with Gasteiger partial charge in [-0.2, -0.15) is 0 Å². The molecule has 1 N–H and O–H groups in total. The number of rotatable bonds is 6. The zero-order valence-electron chi connectivity index (χ0n) is 23.2. The van der Waals surface area contributed by atoms with Crippen molar-refractivity contribution in [3.05, 3.63) is 34.3 Å². The summed E-state index contributed by atoms with van der Waals surface area (Å²) in [5, 5.41) is 2.32. The van der Waals surface area contributed by atoms with Gasteiger partial charge in [0, 0.05) is 19.0 Å². The van der Waals surface area contributed by atoms with Crippen molar-refractivity contribution in [3.8, 4) is 0 Å². The van der Waals surface area contributed by atoms with Crippen LogP contribution in [0.3, 0.4) is 0 Å². The number of carbonyl (C=O) groups excluding carboxylic acids is 3. The summed E-state index contributed by atoms with van der Waals surface area (Å²) in [6.45, 7) is 10.5. The number of imide groups is 1. The second-order valence-electron chi connectivity index (χ2n) is 12.2. The van der Waals surface area contributed by atoms with Crippen LogP contribution in [0.1, 0.15) is 83.2 Å². The molecule has 2 amide bonds. The summed E-state index contributed by atoms with van der Waals surface area (Å²) >= 11 is 0. The van der Waals surface area contributed by atoms with E-state index in [4.69, 9.17) is 9.15 Å². The number of benzene rings is 1. The van der Waals surface area contributed by atoms with Crippen molar-refractivity contribution in [1.29, 1.82) is 0 Å². The predicted octanol–water partition coefficient (Wildman–Crippen LogP) is 2.95. The minimum atomic E-state index is -0.728. The Hall–Kier alpha value is -2.98. The highest BCUT2D eigenvalue weighted by Gasteiger charge is 2.32. The van der Waals surface area contributed by atoms with Crippen LogP contribution in [0.25, 0.3) is 11.1 Å². The van der Waals surface area contributed by atoms with Gasteiger partial charge in [0.1, 0.15) is 11.6 Å². The van der Waals surface area contributed by atoms with Crippen molar-refractivity contribution in [2.45, 2.75) is 89.3 Å². The fourth-order valence-electron chi connectivity index (χ4n) is 6.28. The summed E-state index contributed by atoms with van der Waals surface area (Å²) in [7, 11) is 0. The van der Waals surface area contributed by atoms with E-state index >= 15 is 0 Å². The maximum atomic E-state index is 12.6. The molecule has 5 rings (SSSR count). The molecular weight excluding hydrogens is 500 g/mol. The second kappa shape index (κ2) is 11.3. The minimum absolute atomic E-state index is 0.128. The van der Waals surface area contributed by atoms with Gasteiger partial charge in [0.2, 0.25) is 11.8 Å². The van der Waals surface area contributed by atoms with Gasteiger partial charge in [-0.15, -0.1) is 0 Å². The average molecular weight is 541 g/mol. The highest BCUT2D eigenvalue weighted by Crippen LogP contribution is 2.33. The third kappa shape index (κ3) is 6.44. The average Bonchev–Trinajstić information content (AvgIpc) is 3.22. The van der Waals surface area contributed by atoms with Crippen molar-refractivity contribution < 1.29 is 23.5 Å². The molecule has 10 heteroatoms. The Morgan fingerprint density at radius 3 is 2.41 bits per heavy atom. The van der Waals surface area contributed by atoms with Gasteiger partial charge in [0.05, 0.1) is 11.9 Å². The predicted molar refractivity (Wildman–Crippen MR) is 145 cm³/mol. The fraction of sp³-hybridized carbons (Fsp3) is 0.655. The summed E-state index contributed by atoms with van der Waals surface area (Å²) in [5.41, 5.74) is 1.80. The molecular formula is C29H40N4O6. The molecule has 39 heavy (non-hydrogen) atoms. The summed E-state index contributed by atoms with van der Waals surface area (Å²) in [5.74, 6) is -1.07. The maximum absolute atomic E-state index is 12.6. The van der Waals surface area contributed by atoms with Crippen LogP contribution in [0.2, 0.25) is 0 Å². The molecule has 1 atom stereocenters. The molecule has 3 fully saturated rings. The van der Waals surface area contributed by atoms with Crippen molar-refractivity contribution in [3.63, 3.8) is 0 Å². The smallest absolute Gasteiger partial charge is 0.420 e. The molecule has 4 heterocycles. The number of aromatic nitrogens is 1. The van der Waals surface area contributed by atoms with Gasteiger partial charge < -0.3 is 19.0 Å². The molecule has 0 spiro atoms. The van der Waals surface area contributed by atoms with Crippen LogP contribution in [-0.4, -0.2) is 76.5 Å². The van der Waals surface area contributed by atoms with Crippen LogP contribution in [0.15, 0.2) is 27.4 Å². The minimum Gasteiger partial charge on any atom is -0.460 e. The number of ether oxygens (including phenoxy) is 1. The Morgan fingerprint density at radius 2 is 1.74 bits per heavy atom. The maximum Gasteiger partial charge on any atom is 0.420 e. The quantitative estimate of drug-likeness (QED) is 0.440. The van der Waals surface area contributed by atoms with Gasteiger partial charge >= 0.3 is 11.7 Å². The number of amides is 2. The van der Waals surface area contributed by atoms with Crippen molar-refractivity contribution >= 4 is 28.9 Å². The lowest BCUT2D eigenvalue weighted by Crippen LogP contribution is -2.47. The van der Waals surface area contributed by atoms with Crippen LogP contribution in [0, 0.1) is 0 Å². The van der Waals surface area contributed by atoms with Gasteiger partial charge in [-0.1, -0.05) is 6.07 Å². The summed E-state index contributed by atoms with van der Waals surface area (Å²) < 4.78 is 12.4. The number of likely N-dealkylation sites (tertiary alicyclic amines) is 2. The van der Waals surface area contributed by atoms with E-state index in [2.05, 4.69) is 15.1 Å². The first-order valence-corrected chi connectivity index (χ1v) is 14.2. The van der Waals surface area contributed by atoms with Crippen LogP contribution in [-0.2, 0) is 19.1 Å². The van der Waals surface area contributed by atoms with Crippen LogP contribution in [0.4, 0.5) is 0 Å². The largest absolute Gasteiger partial charge is 0.460 e. The number of esters is 1. The summed E-state index contributed by atoms with van der Waals surface area (Å²) in [6, 6.07) is 5.71. The van der Waals surface area contributed by atoms with E-state index in [-0.39, 0.29) is 18.3 Å². The zero-order valence-corrected chi connectivity index (χ0v) is 23.2. The highest BCUT2D eigenvalue weighted by atomic mass is 16.6. The third-order valence-electron chi connectivity index (χ3n) is 8.29. The molecule has 10 nitrogen and oxygen atoms in total. The van der Waals surface area contributed by atoms with Crippen LogP contribution in [0.5, 0.6) is 0 Å². The van der Waals surface area contributed by atoms with Crippen molar-refractivity contribution in [2.75, 3.05) is 32.7 Å². The van der Waals surface area contributed by atoms with Crippen LogP contribution < -0.4 is 11.1 Å². The molecule has 1 aromatic heterocycles. The molecule has 3 aliphatic rings. The first kappa shape index (κ1) is 27.6. The van der Waals surface area contributed by atoms with E-state index in [1.54, 1.807) is 0 Å².